The maximum Gasteiger partial charge on any atom is 0.248 e. The number of aromatic nitrogens is 4. The van der Waals surface area contributed by atoms with Gasteiger partial charge in [0.25, 0.3) is 0 Å². The van der Waals surface area contributed by atoms with Gasteiger partial charge in [0.15, 0.2) is 5.65 Å². The van der Waals surface area contributed by atoms with Crippen molar-refractivity contribution in [3.8, 4) is 17.4 Å². The molecule has 0 spiro atoms. The normalized spacial score (nSPS) is 10.6. The highest BCUT2D eigenvalue weighted by Gasteiger charge is 2.10. The second kappa shape index (κ2) is 4.85. The molecule has 3 aromatic rings. The number of methoxy groups -OCH3 is 1. The van der Waals surface area contributed by atoms with Gasteiger partial charge in [-0.2, -0.15) is 4.98 Å². The van der Waals surface area contributed by atoms with Crippen LogP contribution in [0.5, 0.6) is 17.4 Å². The number of rotatable bonds is 3. The van der Waals surface area contributed by atoms with Gasteiger partial charge in [0.05, 0.1) is 17.9 Å². The van der Waals surface area contributed by atoms with Crippen molar-refractivity contribution >= 4 is 27.1 Å². The Kier molecular flexibility index (Phi) is 3.04. The minimum absolute atomic E-state index is 0.424. The van der Waals surface area contributed by atoms with Crippen molar-refractivity contribution in [2.45, 2.75) is 0 Å². The molecule has 2 aromatic heterocycles. The first-order valence-electron chi connectivity index (χ1n) is 5.43. The van der Waals surface area contributed by atoms with Gasteiger partial charge in [-0.1, -0.05) is 0 Å². The van der Waals surface area contributed by atoms with E-state index < -0.39 is 0 Å². The Bertz CT molecular complexity index is 729. The van der Waals surface area contributed by atoms with Crippen molar-refractivity contribution in [2.24, 2.45) is 0 Å². The van der Waals surface area contributed by atoms with E-state index in [4.69, 9.17) is 9.47 Å². The maximum atomic E-state index is 5.76. The molecule has 2 heterocycles. The molecule has 1 aromatic carbocycles. The smallest absolute Gasteiger partial charge is 0.248 e. The van der Waals surface area contributed by atoms with Crippen LogP contribution in [0, 0.1) is 0 Å². The molecule has 0 fully saturated rings. The van der Waals surface area contributed by atoms with E-state index in [1.807, 2.05) is 12.1 Å². The zero-order valence-electron chi connectivity index (χ0n) is 9.92. The number of halogens is 1. The number of H-pyrrole nitrogens is 1. The molecule has 0 saturated carbocycles. The van der Waals surface area contributed by atoms with E-state index in [0.29, 0.717) is 22.8 Å². The van der Waals surface area contributed by atoms with Gasteiger partial charge in [0.1, 0.15) is 23.3 Å². The number of aromatic amines is 1. The summed E-state index contributed by atoms with van der Waals surface area (Å²) in [7, 11) is 1.61. The summed E-state index contributed by atoms with van der Waals surface area (Å²) in [6, 6.07) is 5.43. The van der Waals surface area contributed by atoms with Gasteiger partial charge >= 0.3 is 0 Å². The first-order valence-corrected chi connectivity index (χ1v) is 6.22. The molecule has 0 amide bonds. The third kappa shape index (κ3) is 2.24. The highest BCUT2D eigenvalue weighted by molar-refractivity contribution is 9.10. The van der Waals surface area contributed by atoms with Crippen molar-refractivity contribution in [1.82, 2.24) is 19.9 Å². The lowest BCUT2D eigenvalue weighted by Gasteiger charge is -2.08. The quantitative estimate of drug-likeness (QED) is 0.803. The predicted octanol–water partition coefficient (Wildman–Crippen LogP) is 2.92. The Morgan fingerprint density at radius 2 is 2.11 bits per heavy atom. The van der Waals surface area contributed by atoms with Crippen LogP contribution in [0.4, 0.5) is 0 Å². The number of nitrogens with zero attached hydrogens (tertiary/aromatic N) is 3. The molecule has 3 rings (SSSR count). The highest BCUT2D eigenvalue weighted by atomic mass is 79.9. The van der Waals surface area contributed by atoms with E-state index in [1.165, 1.54) is 6.33 Å². The molecule has 0 saturated heterocycles. The molecule has 0 aliphatic rings. The van der Waals surface area contributed by atoms with Gasteiger partial charge in [0.2, 0.25) is 5.88 Å². The summed E-state index contributed by atoms with van der Waals surface area (Å²) in [6.45, 7) is 0. The number of ether oxygens (including phenoxy) is 2. The molecular formula is C12H9BrN4O2. The van der Waals surface area contributed by atoms with Crippen LogP contribution in [0.3, 0.4) is 0 Å². The Hall–Kier alpha value is -2.15. The van der Waals surface area contributed by atoms with Crippen molar-refractivity contribution in [1.29, 1.82) is 0 Å². The van der Waals surface area contributed by atoms with Crippen LogP contribution >= 0.6 is 15.9 Å². The van der Waals surface area contributed by atoms with E-state index in [0.717, 1.165) is 10.2 Å². The summed E-state index contributed by atoms with van der Waals surface area (Å²) < 4.78 is 11.7. The first kappa shape index (κ1) is 11.9. The van der Waals surface area contributed by atoms with E-state index in [9.17, 15) is 0 Å². The summed E-state index contributed by atoms with van der Waals surface area (Å²) in [6.07, 6.45) is 2.96. The van der Waals surface area contributed by atoms with Crippen molar-refractivity contribution in [3.05, 3.63) is 35.3 Å². The monoisotopic (exact) mass is 320 g/mol. The second-order valence-corrected chi connectivity index (χ2v) is 4.53. The van der Waals surface area contributed by atoms with Gasteiger partial charge in [-0.25, -0.2) is 9.97 Å². The van der Waals surface area contributed by atoms with Crippen LogP contribution < -0.4 is 9.47 Å². The van der Waals surface area contributed by atoms with Crippen LogP contribution in [-0.2, 0) is 0 Å². The molecule has 6 nitrogen and oxygen atoms in total. The molecule has 0 aliphatic carbocycles. The number of hydrogen-bond donors (Lipinski definition) is 1. The fraction of sp³-hybridized carbons (Fsp3) is 0.0833. The van der Waals surface area contributed by atoms with Crippen LogP contribution in [-0.4, -0.2) is 27.0 Å². The lowest BCUT2D eigenvalue weighted by Crippen LogP contribution is -1.92. The van der Waals surface area contributed by atoms with Crippen molar-refractivity contribution in [3.63, 3.8) is 0 Å². The summed E-state index contributed by atoms with van der Waals surface area (Å²) in [5, 5.41) is 0. The molecule has 7 heteroatoms. The van der Waals surface area contributed by atoms with Crippen LogP contribution in [0.2, 0.25) is 0 Å². The Labute approximate surface area is 116 Å². The topological polar surface area (TPSA) is 72.9 Å². The largest absolute Gasteiger partial charge is 0.497 e. The first-order chi connectivity index (χ1) is 9.28. The fourth-order valence-electron chi connectivity index (χ4n) is 1.62. The minimum Gasteiger partial charge on any atom is -0.497 e. The summed E-state index contributed by atoms with van der Waals surface area (Å²) in [5.41, 5.74) is 1.22. The number of fused-ring (bicyclic) bond motifs is 1. The van der Waals surface area contributed by atoms with E-state index in [1.54, 1.807) is 19.5 Å². The second-order valence-electron chi connectivity index (χ2n) is 3.68. The minimum atomic E-state index is 0.424. The van der Waals surface area contributed by atoms with E-state index in [-0.39, 0.29) is 0 Å². The number of imidazole rings is 1. The zero-order chi connectivity index (χ0) is 13.2. The van der Waals surface area contributed by atoms with Crippen LogP contribution in [0.15, 0.2) is 35.3 Å². The lowest BCUT2D eigenvalue weighted by molar-refractivity contribution is 0.411. The van der Waals surface area contributed by atoms with Gasteiger partial charge < -0.3 is 14.5 Å². The lowest BCUT2D eigenvalue weighted by atomic mass is 10.3. The summed E-state index contributed by atoms with van der Waals surface area (Å²) >= 11 is 3.43. The average Bonchev–Trinajstić information content (AvgIpc) is 2.90. The molecule has 0 bridgehead atoms. The van der Waals surface area contributed by atoms with E-state index in [2.05, 4.69) is 35.9 Å². The highest BCUT2D eigenvalue weighted by Crippen LogP contribution is 2.33. The van der Waals surface area contributed by atoms with Crippen molar-refractivity contribution in [2.75, 3.05) is 7.11 Å². The van der Waals surface area contributed by atoms with Gasteiger partial charge in [-0.15, -0.1) is 0 Å². The third-order valence-corrected chi connectivity index (χ3v) is 3.15. The standard InChI is InChI=1S/C12H9BrN4O2/c1-18-7-2-3-9(8(13)4-7)19-12-10-11(15-5-14-10)16-6-17-12/h2-6H,1H3,(H,14,15,16,17). The summed E-state index contributed by atoms with van der Waals surface area (Å²) in [5.74, 6) is 1.80. The zero-order valence-corrected chi connectivity index (χ0v) is 11.5. The Balaban J connectivity index is 1.99. The van der Waals surface area contributed by atoms with Crippen LogP contribution in [0.25, 0.3) is 11.2 Å². The fourth-order valence-corrected chi connectivity index (χ4v) is 2.05. The SMILES string of the molecule is COc1ccc(Oc2ncnc3nc[nH]c23)c(Br)c1. The molecule has 19 heavy (non-hydrogen) atoms. The maximum absolute atomic E-state index is 5.76. The van der Waals surface area contributed by atoms with Gasteiger partial charge in [0, 0.05) is 0 Å². The van der Waals surface area contributed by atoms with E-state index >= 15 is 0 Å². The number of benzene rings is 1. The average molecular weight is 321 g/mol. The van der Waals surface area contributed by atoms with Gasteiger partial charge in [-0.3, -0.25) is 0 Å². The summed E-state index contributed by atoms with van der Waals surface area (Å²) in [4.78, 5) is 15.1. The molecule has 1 N–H and O–H groups in total. The van der Waals surface area contributed by atoms with Gasteiger partial charge in [-0.05, 0) is 34.1 Å². The molecule has 0 atom stereocenters. The van der Waals surface area contributed by atoms with Crippen LogP contribution in [0.1, 0.15) is 0 Å². The predicted molar refractivity (Wildman–Crippen MR) is 72.5 cm³/mol. The molecule has 0 radical (unpaired) electrons. The Morgan fingerprint density at radius 1 is 1.21 bits per heavy atom. The molecule has 0 unspecified atom stereocenters. The molecular weight excluding hydrogens is 312 g/mol. The Morgan fingerprint density at radius 3 is 2.89 bits per heavy atom. The number of hydrogen-bond acceptors (Lipinski definition) is 5. The third-order valence-electron chi connectivity index (χ3n) is 2.53. The molecule has 0 aliphatic heterocycles. The van der Waals surface area contributed by atoms with Crippen molar-refractivity contribution < 1.29 is 9.47 Å². The number of nitrogens with one attached hydrogen (secondary N) is 1. The molecule has 96 valence electrons.